The third-order valence-electron chi connectivity index (χ3n) is 2.40. The average molecular weight is 232 g/mol. The van der Waals surface area contributed by atoms with Gasteiger partial charge in [0.15, 0.2) is 0 Å². The van der Waals surface area contributed by atoms with Crippen molar-refractivity contribution in [3.8, 4) is 11.8 Å². The number of hydrogen-bond acceptors (Lipinski definition) is 3. The maximum atomic E-state index is 10.8. The fourth-order valence-electron chi connectivity index (χ4n) is 1.47. The second-order valence-corrected chi connectivity index (χ2v) is 3.73. The highest BCUT2D eigenvalue weighted by atomic mass is 16.6. The second kappa shape index (κ2) is 6.66. The maximum Gasteiger partial charge on any atom is 0.272 e. The van der Waals surface area contributed by atoms with E-state index in [0.29, 0.717) is 12.1 Å². The SMILES string of the molecule is CC#CCCNCc1ccc(C)c([N+](=O)[O-])c1. The molecule has 1 rings (SSSR count). The number of nitrogens with one attached hydrogen (secondary N) is 1. The number of nitro benzene ring substituents is 1. The van der Waals surface area contributed by atoms with E-state index in [4.69, 9.17) is 0 Å². The molecule has 0 unspecified atom stereocenters. The van der Waals surface area contributed by atoms with Crippen molar-refractivity contribution in [2.75, 3.05) is 6.54 Å². The molecule has 0 aliphatic rings. The van der Waals surface area contributed by atoms with Gasteiger partial charge in [-0.3, -0.25) is 10.1 Å². The number of benzene rings is 1. The monoisotopic (exact) mass is 232 g/mol. The molecular formula is C13H16N2O2. The third kappa shape index (κ3) is 4.25. The Bertz CT molecular complexity index is 458. The number of nitro groups is 1. The summed E-state index contributed by atoms with van der Waals surface area (Å²) in [7, 11) is 0. The predicted molar refractivity (Wildman–Crippen MR) is 67.6 cm³/mol. The minimum atomic E-state index is -0.346. The summed E-state index contributed by atoms with van der Waals surface area (Å²) in [4.78, 5) is 10.4. The molecule has 0 saturated carbocycles. The topological polar surface area (TPSA) is 55.2 Å². The van der Waals surface area contributed by atoms with Crippen LogP contribution in [0.4, 0.5) is 5.69 Å². The summed E-state index contributed by atoms with van der Waals surface area (Å²) in [6.07, 6.45) is 0.796. The van der Waals surface area contributed by atoms with E-state index in [2.05, 4.69) is 17.2 Å². The van der Waals surface area contributed by atoms with E-state index < -0.39 is 0 Å². The lowest BCUT2D eigenvalue weighted by atomic mass is 10.1. The van der Waals surface area contributed by atoms with E-state index in [0.717, 1.165) is 18.5 Å². The Morgan fingerprint density at radius 2 is 2.24 bits per heavy atom. The Kier molecular flexibility index (Phi) is 5.18. The molecule has 0 atom stereocenters. The van der Waals surface area contributed by atoms with Crippen LogP contribution in [0.2, 0.25) is 0 Å². The molecule has 1 N–H and O–H groups in total. The van der Waals surface area contributed by atoms with Crippen molar-refractivity contribution in [2.24, 2.45) is 0 Å². The molecule has 17 heavy (non-hydrogen) atoms. The summed E-state index contributed by atoms with van der Waals surface area (Å²) in [6, 6.07) is 5.30. The molecule has 0 spiro atoms. The molecule has 4 heteroatoms. The van der Waals surface area contributed by atoms with Crippen molar-refractivity contribution in [3.05, 3.63) is 39.4 Å². The maximum absolute atomic E-state index is 10.8. The van der Waals surface area contributed by atoms with Crippen molar-refractivity contribution in [1.82, 2.24) is 5.32 Å². The van der Waals surface area contributed by atoms with Crippen molar-refractivity contribution in [2.45, 2.75) is 26.8 Å². The molecular weight excluding hydrogens is 216 g/mol. The zero-order valence-corrected chi connectivity index (χ0v) is 10.1. The number of hydrogen-bond donors (Lipinski definition) is 1. The number of nitrogens with zero attached hydrogens (tertiary/aromatic N) is 1. The minimum Gasteiger partial charge on any atom is -0.312 e. The highest BCUT2D eigenvalue weighted by Crippen LogP contribution is 2.18. The summed E-state index contributed by atoms with van der Waals surface area (Å²) < 4.78 is 0. The predicted octanol–water partition coefficient (Wildman–Crippen LogP) is 2.41. The fraction of sp³-hybridized carbons (Fsp3) is 0.385. The van der Waals surface area contributed by atoms with Crippen molar-refractivity contribution in [1.29, 1.82) is 0 Å². The third-order valence-corrected chi connectivity index (χ3v) is 2.40. The van der Waals surface area contributed by atoms with Crippen LogP contribution >= 0.6 is 0 Å². The molecule has 0 amide bonds. The van der Waals surface area contributed by atoms with Crippen molar-refractivity contribution >= 4 is 5.69 Å². The summed E-state index contributed by atoms with van der Waals surface area (Å²) in [5, 5.41) is 14.0. The van der Waals surface area contributed by atoms with E-state index in [-0.39, 0.29) is 10.6 Å². The molecule has 1 aromatic carbocycles. The van der Waals surface area contributed by atoms with Crippen molar-refractivity contribution < 1.29 is 4.92 Å². The van der Waals surface area contributed by atoms with Gasteiger partial charge in [-0.05, 0) is 19.4 Å². The first-order valence-corrected chi connectivity index (χ1v) is 5.49. The van der Waals surface area contributed by atoms with Crippen LogP contribution in [0.25, 0.3) is 0 Å². The first kappa shape index (κ1) is 13.2. The molecule has 0 aliphatic heterocycles. The first-order chi connectivity index (χ1) is 8.15. The zero-order chi connectivity index (χ0) is 12.7. The van der Waals surface area contributed by atoms with Crippen LogP contribution in [0.1, 0.15) is 24.5 Å². The van der Waals surface area contributed by atoms with Crippen LogP contribution in [0.3, 0.4) is 0 Å². The van der Waals surface area contributed by atoms with E-state index in [9.17, 15) is 10.1 Å². The molecule has 4 nitrogen and oxygen atoms in total. The van der Waals surface area contributed by atoms with Gasteiger partial charge in [-0.25, -0.2) is 0 Å². The van der Waals surface area contributed by atoms with Crippen LogP contribution in [0.5, 0.6) is 0 Å². The standard InChI is InChI=1S/C13H16N2O2/c1-3-4-5-8-14-10-12-7-6-11(2)13(9-12)15(16)17/h6-7,9,14H,5,8,10H2,1-2H3. The van der Waals surface area contributed by atoms with Crippen LogP contribution in [0, 0.1) is 28.9 Å². The molecule has 0 heterocycles. The van der Waals surface area contributed by atoms with Crippen LogP contribution < -0.4 is 5.32 Å². The van der Waals surface area contributed by atoms with Gasteiger partial charge in [0.1, 0.15) is 0 Å². The minimum absolute atomic E-state index is 0.178. The van der Waals surface area contributed by atoms with Gasteiger partial charge in [-0.1, -0.05) is 12.1 Å². The normalized spacial score (nSPS) is 9.53. The lowest BCUT2D eigenvalue weighted by molar-refractivity contribution is -0.385. The first-order valence-electron chi connectivity index (χ1n) is 5.49. The highest BCUT2D eigenvalue weighted by Gasteiger charge is 2.10. The molecule has 0 bridgehead atoms. The highest BCUT2D eigenvalue weighted by molar-refractivity contribution is 5.42. The Hall–Kier alpha value is -1.86. The summed E-state index contributed by atoms with van der Waals surface area (Å²) >= 11 is 0. The van der Waals surface area contributed by atoms with E-state index >= 15 is 0 Å². The van der Waals surface area contributed by atoms with Crippen LogP contribution in [-0.2, 0) is 6.54 Å². The quantitative estimate of drug-likeness (QED) is 0.367. The zero-order valence-electron chi connectivity index (χ0n) is 10.1. The van der Waals surface area contributed by atoms with Gasteiger partial charge < -0.3 is 5.32 Å². The second-order valence-electron chi connectivity index (χ2n) is 3.73. The Morgan fingerprint density at radius 3 is 2.88 bits per heavy atom. The molecule has 0 aromatic heterocycles. The Morgan fingerprint density at radius 1 is 1.47 bits per heavy atom. The lowest BCUT2D eigenvalue weighted by Crippen LogP contribution is -2.14. The number of rotatable bonds is 5. The van der Waals surface area contributed by atoms with Gasteiger partial charge in [-0.2, -0.15) is 0 Å². The van der Waals surface area contributed by atoms with Gasteiger partial charge in [-0.15, -0.1) is 11.8 Å². The molecule has 1 aromatic rings. The number of aryl methyl sites for hydroxylation is 1. The Balaban J connectivity index is 2.56. The largest absolute Gasteiger partial charge is 0.312 e. The van der Waals surface area contributed by atoms with E-state index in [1.807, 2.05) is 13.0 Å². The van der Waals surface area contributed by atoms with Gasteiger partial charge >= 0.3 is 0 Å². The summed E-state index contributed by atoms with van der Waals surface area (Å²) in [6.45, 7) is 4.98. The van der Waals surface area contributed by atoms with Crippen LogP contribution in [-0.4, -0.2) is 11.5 Å². The smallest absolute Gasteiger partial charge is 0.272 e. The Labute approximate surface area is 101 Å². The summed E-state index contributed by atoms with van der Waals surface area (Å²) in [5.41, 5.74) is 1.79. The molecule has 0 fully saturated rings. The van der Waals surface area contributed by atoms with E-state index in [1.165, 1.54) is 0 Å². The summed E-state index contributed by atoms with van der Waals surface area (Å²) in [5.74, 6) is 5.77. The van der Waals surface area contributed by atoms with Gasteiger partial charge in [0, 0.05) is 31.1 Å². The molecule has 90 valence electrons. The molecule has 0 radical (unpaired) electrons. The van der Waals surface area contributed by atoms with Crippen molar-refractivity contribution in [3.63, 3.8) is 0 Å². The molecule has 0 saturated heterocycles. The van der Waals surface area contributed by atoms with Gasteiger partial charge in [0.2, 0.25) is 0 Å². The average Bonchev–Trinajstić information content (AvgIpc) is 2.30. The van der Waals surface area contributed by atoms with Gasteiger partial charge in [0.05, 0.1) is 4.92 Å². The lowest BCUT2D eigenvalue weighted by Gasteiger charge is -2.04. The van der Waals surface area contributed by atoms with Gasteiger partial charge in [0.25, 0.3) is 5.69 Å². The van der Waals surface area contributed by atoms with E-state index in [1.54, 1.807) is 19.1 Å². The van der Waals surface area contributed by atoms with Crippen LogP contribution in [0.15, 0.2) is 18.2 Å². The molecule has 0 aliphatic carbocycles. The fourth-order valence-corrected chi connectivity index (χ4v) is 1.47.